The molecular formula is C25H33N5O3. The van der Waals surface area contributed by atoms with E-state index in [9.17, 15) is 9.90 Å². The number of ether oxygens (including phenoxy) is 1. The van der Waals surface area contributed by atoms with Crippen LogP contribution in [0.3, 0.4) is 0 Å². The molecule has 0 aliphatic carbocycles. The molecule has 0 spiro atoms. The van der Waals surface area contributed by atoms with Crippen LogP contribution in [0.2, 0.25) is 0 Å². The smallest absolute Gasteiger partial charge is 0.336 e. The number of carboxylic acids is 1. The zero-order valence-corrected chi connectivity index (χ0v) is 19.4. The van der Waals surface area contributed by atoms with Crippen molar-refractivity contribution in [3.63, 3.8) is 0 Å². The molecule has 0 saturated carbocycles. The average Bonchev–Trinajstić information content (AvgIpc) is 3.22. The van der Waals surface area contributed by atoms with Gasteiger partial charge in [0.15, 0.2) is 0 Å². The van der Waals surface area contributed by atoms with Crippen molar-refractivity contribution in [3.05, 3.63) is 59.1 Å². The van der Waals surface area contributed by atoms with Crippen LogP contribution in [0.25, 0.3) is 11.1 Å². The molecule has 0 radical (unpaired) electrons. The molecule has 2 aromatic heterocycles. The van der Waals surface area contributed by atoms with Crippen LogP contribution in [0.4, 0.5) is 0 Å². The van der Waals surface area contributed by atoms with E-state index in [1.54, 1.807) is 6.07 Å². The van der Waals surface area contributed by atoms with Crippen molar-refractivity contribution in [1.29, 1.82) is 0 Å². The van der Waals surface area contributed by atoms with Gasteiger partial charge in [0.25, 0.3) is 0 Å². The summed E-state index contributed by atoms with van der Waals surface area (Å²) in [6.45, 7) is 10.4. The highest BCUT2D eigenvalue weighted by molar-refractivity contribution is 6.10. The van der Waals surface area contributed by atoms with Gasteiger partial charge in [0.2, 0.25) is 0 Å². The SMILES string of the molecule is Cc1c(C(=O)O)cc2cc(/C3=C/C=C/NCCNCCN=C3)cn2c1C(C)N1CCOCC1. The second kappa shape index (κ2) is 10.8. The lowest BCUT2D eigenvalue weighted by Gasteiger charge is -2.34. The highest BCUT2D eigenvalue weighted by Crippen LogP contribution is 2.30. The van der Waals surface area contributed by atoms with Crippen molar-refractivity contribution in [2.24, 2.45) is 4.99 Å². The number of carboxylic acid groups (broad SMARTS) is 1. The predicted octanol–water partition coefficient (Wildman–Crippen LogP) is 2.50. The van der Waals surface area contributed by atoms with Gasteiger partial charge in [-0.25, -0.2) is 4.79 Å². The lowest BCUT2D eigenvalue weighted by Crippen LogP contribution is -2.39. The fourth-order valence-corrected chi connectivity index (χ4v) is 4.52. The van der Waals surface area contributed by atoms with E-state index >= 15 is 0 Å². The maximum Gasteiger partial charge on any atom is 0.336 e. The van der Waals surface area contributed by atoms with Crippen molar-refractivity contribution >= 4 is 23.3 Å². The van der Waals surface area contributed by atoms with Crippen LogP contribution in [0.5, 0.6) is 0 Å². The Hall–Kier alpha value is -2.94. The van der Waals surface area contributed by atoms with Crippen LogP contribution in [0.15, 0.2) is 41.7 Å². The Balaban J connectivity index is 1.80. The summed E-state index contributed by atoms with van der Waals surface area (Å²) in [7, 11) is 0. The molecule has 176 valence electrons. The van der Waals surface area contributed by atoms with Gasteiger partial charge >= 0.3 is 5.97 Å². The molecule has 2 aliphatic rings. The Morgan fingerprint density at radius 1 is 1.21 bits per heavy atom. The minimum Gasteiger partial charge on any atom is -0.478 e. The van der Waals surface area contributed by atoms with Gasteiger partial charge in [-0.3, -0.25) is 9.89 Å². The number of hydrogen-bond acceptors (Lipinski definition) is 6. The van der Waals surface area contributed by atoms with Crippen molar-refractivity contribution in [1.82, 2.24) is 19.9 Å². The molecule has 8 nitrogen and oxygen atoms in total. The standard InChI is InChI=1S/C25H33N5O3/c1-18-23(25(31)32)15-22-14-21(20-4-3-5-26-6-7-27-8-9-28-16-20)17-30(22)24(18)19(2)29-10-12-33-13-11-29/h3-5,14-17,19,26-27H,6-13H2,1-2H3,(H,31,32)/b5-3+,20-4+,28-16?. The van der Waals surface area contributed by atoms with Crippen LogP contribution in [-0.4, -0.2) is 79.1 Å². The molecule has 1 saturated heterocycles. The summed E-state index contributed by atoms with van der Waals surface area (Å²) in [5.74, 6) is -0.901. The molecule has 33 heavy (non-hydrogen) atoms. The second-order valence-corrected chi connectivity index (χ2v) is 8.44. The van der Waals surface area contributed by atoms with Gasteiger partial charge in [0.1, 0.15) is 0 Å². The number of aromatic carboxylic acids is 1. The number of pyridine rings is 1. The van der Waals surface area contributed by atoms with E-state index in [-0.39, 0.29) is 6.04 Å². The fourth-order valence-electron chi connectivity index (χ4n) is 4.52. The van der Waals surface area contributed by atoms with Gasteiger partial charge in [-0.1, -0.05) is 6.08 Å². The number of carbonyl (C=O) groups is 1. The highest BCUT2D eigenvalue weighted by Gasteiger charge is 2.25. The molecule has 0 bridgehead atoms. The number of hydrogen-bond donors (Lipinski definition) is 3. The number of nitrogens with one attached hydrogen (secondary N) is 2. The number of aliphatic imine (C=N–C) groups is 1. The van der Waals surface area contributed by atoms with Gasteiger partial charge in [-0.05, 0) is 43.8 Å². The number of morpholine rings is 1. The van der Waals surface area contributed by atoms with Gasteiger partial charge in [-0.2, -0.15) is 0 Å². The van der Waals surface area contributed by atoms with Gasteiger partial charge in [0.05, 0.1) is 25.3 Å². The van der Waals surface area contributed by atoms with Crippen LogP contribution in [0.1, 0.15) is 40.1 Å². The quantitative estimate of drug-likeness (QED) is 0.662. The number of nitrogens with zero attached hydrogens (tertiary/aromatic N) is 3. The number of aromatic nitrogens is 1. The van der Waals surface area contributed by atoms with E-state index in [0.717, 1.165) is 60.6 Å². The van der Waals surface area contributed by atoms with Crippen LogP contribution in [0, 0.1) is 6.92 Å². The van der Waals surface area contributed by atoms with E-state index in [0.29, 0.717) is 25.3 Å². The van der Waals surface area contributed by atoms with Crippen molar-refractivity contribution in [2.75, 3.05) is 52.5 Å². The minimum atomic E-state index is -0.901. The number of rotatable bonds is 4. The molecule has 0 aromatic carbocycles. The minimum absolute atomic E-state index is 0.0603. The van der Waals surface area contributed by atoms with E-state index in [1.807, 2.05) is 37.6 Å². The van der Waals surface area contributed by atoms with E-state index in [1.165, 1.54) is 0 Å². The Kier molecular flexibility index (Phi) is 7.59. The van der Waals surface area contributed by atoms with Crippen LogP contribution < -0.4 is 10.6 Å². The molecule has 1 atom stereocenters. The Morgan fingerprint density at radius 3 is 2.82 bits per heavy atom. The molecule has 3 N–H and O–H groups in total. The van der Waals surface area contributed by atoms with Gasteiger partial charge in [0, 0.05) is 73.5 Å². The average molecular weight is 452 g/mol. The van der Waals surface area contributed by atoms with E-state index in [2.05, 4.69) is 38.0 Å². The van der Waals surface area contributed by atoms with E-state index in [4.69, 9.17) is 4.74 Å². The van der Waals surface area contributed by atoms with Crippen LogP contribution >= 0.6 is 0 Å². The highest BCUT2D eigenvalue weighted by atomic mass is 16.5. The van der Waals surface area contributed by atoms with Gasteiger partial charge < -0.3 is 24.9 Å². The molecule has 2 aliphatic heterocycles. The normalized spacial score (nSPS) is 21.9. The van der Waals surface area contributed by atoms with Gasteiger partial charge in [-0.15, -0.1) is 0 Å². The molecule has 1 fully saturated rings. The third-order valence-corrected chi connectivity index (χ3v) is 6.33. The van der Waals surface area contributed by atoms with E-state index < -0.39 is 5.97 Å². The first kappa shape index (κ1) is 23.2. The zero-order valence-electron chi connectivity index (χ0n) is 19.4. The summed E-state index contributed by atoms with van der Waals surface area (Å²) in [6.07, 6.45) is 9.96. The fraction of sp³-hybridized carbons (Fsp3) is 0.440. The molecule has 4 heterocycles. The number of allylic oxidation sites excluding steroid dienone is 3. The van der Waals surface area contributed by atoms with Crippen molar-refractivity contribution in [2.45, 2.75) is 19.9 Å². The number of fused-ring (bicyclic) bond motifs is 1. The Bertz CT molecular complexity index is 1080. The summed E-state index contributed by atoms with van der Waals surface area (Å²) in [4.78, 5) is 19.0. The molecular weight excluding hydrogens is 418 g/mol. The summed E-state index contributed by atoms with van der Waals surface area (Å²) in [5, 5.41) is 16.5. The molecule has 8 heteroatoms. The Labute approximate surface area is 194 Å². The largest absolute Gasteiger partial charge is 0.478 e. The summed E-state index contributed by atoms with van der Waals surface area (Å²) >= 11 is 0. The lowest BCUT2D eigenvalue weighted by atomic mass is 10.0. The maximum atomic E-state index is 12.0. The molecule has 2 aromatic rings. The van der Waals surface area contributed by atoms with Crippen LogP contribution in [-0.2, 0) is 4.74 Å². The first-order chi connectivity index (χ1) is 16.1. The molecule has 4 rings (SSSR count). The third kappa shape index (κ3) is 5.35. The monoisotopic (exact) mass is 451 g/mol. The lowest BCUT2D eigenvalue weighted by molar-refractivity contribution is 0.0187. The Morgan fingerprint density at radius 2 is 2.03 bits per heavy atom. The summed E-state index contributed by atoms with van der Waals surface area (Å²) in [5.41, 5.74) is 5.01. The van der Waals surface area contributed by atoms with Crippen molar-refractivity contribution in [3.8, 4) is 0 Å². The maximum absolute atomic E-state index is 12.0. The van der Waals surface area contributed by atoms with Crippen molar-refractivity contribution < 1.29 is 14.6 Å². The topological polar surface area (TPSA) is 90.6 Å². The predicted molar refractivity (Wildman–Crippen MR) is 131 cm³/mol. The molecule has 0 amide bonds. The third-order valence-electron chi connectivity index (χ3n) is 6.33. The summed E-state index contributed by atoms with van der Waals surface area (Å²) in [6, 6.07) is 3.88. The first-order valence-electron chi connectivity index (χ1n) is 11.6. The first-order valence-corrected chi connectivity index (χ1v) is 11.6. The summed E-state index contributed by atoms with van der Waals surface area (Å²) < 4.78 is 7.67. The second-order valence-electron chi connectivity index (χ2n) is 8.44. The molecule has 1 unspecified atom stereocenters. The zero-order chi connectivity index (χ0) is 23.2.